The van der Waals surface area contributed by atoms with Gasteiger partial charge in [-0.15, -0.1) is 12.4 Å². The maximum absolute atomic E-state index is 12.3. The summed E-state index contributed by atoms with van der Waals surface area (Å²) in [5.74, 6) is 0.267. The Kier molecular flexibility index (Phi) is 5.92. The molecular weight excluding hydrogens is 296 g/mol. The summed E-state index contributed by atoms with van der Waals surface area (Å²) in [6, 6.07) is 4.17. The molecule has 116 valence electrons. The summed E-state index contributed by atoms with van der Waals surface area (Å²) in [5.41, 5.74) is 11.3. The molecule has 0 aromatic heterocycles. The number of carbonyl (C=O) groups excluding carboxylic acids is 1. The van der Waals surface area contributed by atoms with Gasteiger partial charge in [-0.2, -0.15) is 0 Å². The van der Waals surface area contributed by atoms with Crippen LogP contribution in [0.4, 0.5) is 11.4 Å². The summed E-state index contributed by atoms with van der Waals surface area (Å²) < 4.78 is 0. The van der Waals surface area contributed by atoms with E-state index in [1.54, 1.807) is 4.90 Å². The van der Waals surface area contributed by atoms with E-state index in [1.165, 1.54) is 18.2 Å². The number of hydrogen-bond donors (Lipinski definition) is 2. The highest BCUT2D eigenvalue weighted by molar-refractivity contribution is 5.95. The van der Waals surface area contributed by atoms with E-state index in [-0.39, 0.29) is 29.7 Å². The minimum atomic E-state index is -0.577. The van der Waals surface area contributed by atoms with Gasteiger partial charge in [0.2, 0.25) is 0 Å². The van der Waals surface area contributed by atoms with Gasteiger partial charge < -0.3 is 16.4 Å². The van der Waals surface area contributed by atoms with Crippen LogP contribution in [0.1, 0.15) is 23.2 Å². The van der Waals surface area contributed by atoms with Crippen molar-refractivity contribution in [2.24, 2.45) is 11.7 Å². The lowest BCUT2D eigenvalue weighted by atomic mass is 9.96. The zero-order valence-electron chi connectivity index (χ0n) is 11.5. The maximum Gasteiger partial charge on any atom is 0.292 e. The highest BCUT2D eigenvalue weighted by atomic mass is 35.5. The molecule has 21 heavy (non-hydrogen) atoms. The molecule has 1 aromatic rings. The molecule has 1 amide bonds. The van der Waals surface area contributed by atoms with Crippen molar-refractivity contribution in [3.05, 3.63) is 33.9 Å². The normalized spacial score (nSPS) is 15.4. The molecule has 1 heterocycles. The van der Waals surface area contributed by atoms with Crippen molar-refractivity contribution in [2.75, 3.05) is 25.4 Å². The first-order valence-electron chi connectivity index (χ1n) is 6.56. The van der Waals surface area contributed by atoms with Gasteiger partial charge in [0.15, 0.2) is 0 Å². The summed E-state index contributed by atoms with van der Waals surface area (Å²) in [7, 11) is 0. The predicted molar refractivity (Wildman–Crippen MR) is 82.4 cm³/mol. The summed E-state index contributed by atoms with van der Waals surface area (Å²) >= 11 is 0. The lowest BCUT2D eigenvalue weighted by Gasteiger charge is -2.31. The van der Waals surface area contributed by atoms with Crippen molar-refractivity contribution < 1.29 is 9.72 Å². The van der Waals surface area contributed by atoms with Gasteiger partial charge in [0.05, 0.1) is 4.92 Å². The lowest BCUT2D eigenvalue weighted by Crippen LogP contribution is -2.40. The second-order valence-electron chi connectivity index (χ2n) is 5.00. The number of nitro groups is 1. The highest BCUT2D eigenvalue weighted by Gasteiger charge is 2.24. The van der Waals surface area contributed by atoms with E-state index in [2.05, 4.69) is 0 Å². The van der Waals surface area contributed by atoms with Crippen LogP contribution in [0.15, 0.2) is 18.2 Å². The number of halogens is 1. The number of nitrogen functional groups attached to an aromatic ring is 1. The highest BCUT2D eigenvalue weighted by Crippen LogP contribution is 2.24. The Bertz CT molecular complexity index is 530. The quantitative estimate of drug-likeness (QED) is 0.497. The van der Waals surface area contributed by atoms with Gasteiger partial charge in [-0.3, -0.25) is 14.9 Å². The third-order valence-electron chi connectivity index (χ3n) is 3.71. The monoisotopic (exact) mass is 314 g/mol. The Morgan fingerprint density at radius 2 is 2.00 bits per heavy atom. The van der Waals surface area contributed by atoms with Gasteiger partial charge in [0.1, 0.15) is 5.69 Å². The van der Waals surface area contributed by atoms with Crippen LogP contribution in [0.3, 0.4) is 0 Å². The molecule has 1 aliphatic rings. The molecule has 1 aromatic carbocycles. The zero-order valence-corrected chi connectivity index (χ0v) is 12.3. The third-order valence-corrected chi connectivity index (χ3v) is 3.71. The van der Waals surface area contributed by atoms with Crippen LogP contribution in [0.2, 0.25) is 0 Å². The zero-order chi connectivity index (χ0) is 14.7. The molecule has 1 aliphatic heterocycles. The number of anilines is 1. The van der Waals surface area contributed by atoms with Crippen LogP contribution in [0, 0.1) is 16.0 Å². The lowest BCUT2D eigenvalue weighted by molar-refractivity contribution is -0.383. The average Bonchev–Trinajstić information content (AvgIpc) is 2.47. The summed E-state index contributed by atoms with van der Waals surface area (Å²) in [5, 5.41) is 10.8. The van der Waals surface area contributed by atoms with Crippen molar-refractivity contribution in [3.8, 4) is 0 Å². The first kappa shape index (κ1) is 17.2. The number of nitrogens with two attached hydrogens (primary N) is 2. The van der Waals surface area contributed by atoms with E-state index >= 15 is 0 Å². The van der Waals surface area contributed by atoms with Crippen LogP contribution in [0.25, 0.3) is 0 Å². The van der Waals surface area contributed by atoms with E-state index in [9.17, 15) is 14.9 Å². The van der Waals surface area contributed by atoms with Crippen molar-refractivity contribution in [1.29, 1.82) is 0 Å². The van der Waals surface area contributed by atoms with Gasteiger partial charge in [-0.05, 0) is 37.4 Å². The molecule has 0 spiro atoms. The van der Waals surface area contributed by atoms with Crippen molar-refractivity contribution >= 4 is 29.7 Å². The molecule has 4 N–H and O–H groups in total. The molecular formula is C13H19ClN4O3. The Morgan fingerprint density at radius 3 is 2.52 bits per heavy atom. The van der Waals surface area contributed by atoms with Gasteiger partial charge in [-0.25, -0.2) is 0 Å². The molecule has 1 saturated heterocycles. The summed E-state index contributed by atoms with van der Waals surface area (Å²) in [6.45, 7) is 1.91. The Hall–Kier alpha value is -1.86. The molecule has 0 saturated carbocycles. The first-order valence-corrected chi connectivity index (χ1v) is 6.56. The van der Waals surface area contributed by atoms with E-state index in [1.807, 2.05) is 0 Å². The van der Waals surface area contributed by atoms with Crippen LogP contribution < -0.4 is 11.5 Å². The number of likely N-dealkylation sites (tertiary alicyclic amines) is 1. The van der Waals surface area contributed by atoms with E-state index in [0.717, 1.165) is 12.8 Å². The Balaban J connectivity index is 0.00000220. The smallest absolute Gasteiger partial charge is 0.292 e. The fraction of sp³-hybridized carbons (Fsp3) is 0.462. The SMILES string of the molecule is Cl.NCC1CCN(C(=O)c2ccc(N)c([N+](=O)[O-])c2)CC1. The van der Waals surface area contributed by atoms with Gasteiger partial charge in [-0.1, -0.05) is 0 Å². The second-order valence-corrected chi connectivity index (χ2v) is 5.00. The minimum absolute atomic E-state index is 0. The summed E-state index contributed by atoms with van der Waals surface area (Å²) in [6.07, 6.45) is 1.75. The fourth-order valence-corrected chi connectivity index (χ4v) is 2.39. The number of nitro benzene ring substituents is 1. The van der Waals surface area contributed by atoms with Gasteiger partial charge >= 0.3 is 0 Å². The van der Waals surface area contributed by atoms with Gasteiger partial charge in [0, 0.05) is 24.7 Å². The Morgan fingerprint density at radius 1 is 1.38 bits per heavy atom. The van der Waals surface area contributed by atoms with Gasteiger partial charge in [0.25, 0.3) is 11.6 Å². The van der Waals surface area contributed by atoms with Crippen LogP contribution in [-0.4, -0.2) is 35.4 Å². The third kappa shape index (κ3) is 3.83. The molecule has 1 fully saturated rings. The standard InChI is InChI=1S/C13H18N4O3.ClH/c14-8-9-3-5-16(6-4-9)13(18)10-1-2-11(15)12(7-10)17(19)20;/h1-2,7,9H,3-6,8,14-15H2;1H. The van der Waals surface area contributed by atoms with E-state index < -0.39 is 4.92 Å². The molecule has 0 bridgehead atoms. The average molecular weight is 315 g/mol. The minimum Gasteiger partial charge on any atom is -0.393 e. The predicted octanol–water partition coefficient (Wildman–Crippen LogP) is 1.41. The molecule has 0 radical (unpaired) electrons. The topological polar surface area (TPSA) is 115 Å². The number of amides is 1. The number of carbonyl (C=O) groups is 1. The number of hydrogen-bond acceptors (Lipinski definition) is 5. The number of rotatable bonds is 3. The number of benzene rings is 1. The van der Waals surface area contributed by atoms with Crippen molar-refractivity contribution in [2.45, 2.75) is 12.8 Å². The van der Waals surface area contributed by atoms with Crippen molar-refractivity contribution in [3.63, 3.8) is 0 Å². The van der Waals surface area contributed by atoms with Crippen LogP contribution >= 0.6 is 12.4 Å². The van der Waals surface area contributed by atoms with E-state index in [4.69, 9.17) is 11.5 Å². The molecule has 8 heteroatoms. The second kappa shape index (κ2) is 7.24. The molecule has 0 aliphatic carbocycles. The number of piperidine rings is 1. The fourth-order valence-electron chi connectivity index (χ4n) is 2.39. The number of nitrogens with zero attached hydrogens (tertiary/aromatic N) is 2. The molecule has 0 atom stereocenters. The summed E-state index contributed by atoms with van der Waals surface area (Å²) in [4.78, 5) is 24.3. The molecule has 7 nitrogen and oxygen atoms in total. The largest absolute Gasteiger partial charge is 0.393 e. The molecule has 0 unspecified atom stereocenters. The molecule has 2 rings (SSSR count). The maximum atomic E-state index is 12.3. The first-order chi connectivity index (χ1) is 9.52. The Labute approximate surface area is 128 Å². The van der Waals surface area contributed by atoms with Crippen LogP contribution in [0.5, 0.6) is 0 Å². The van der Waals surface area contributed by atoms with Crippen molar-refractivity contribution in [1.82, 2.24) is 4.90 Å². The van der Waals surface area contributed by atoms with E-state index in [0.29, 0.717) is 31.1 Å². The van der Waals surface area contributed by atoms with Crippen LogP contribution in [-0.2, 0) is 0 Å².